The number of halogens is 6. The fraction of sp³-hybridized carbons (Fsp3) is 0. The normalized spacial score (nSPS) is 10.2. The van der Waals surface area contributed by atoms with Crippen LogP contribution in [0.2, 0.25) is 30.1 Å². The highest BCUT2D eigenvalue weighted by molar-refractivity contribution is 6.42. The number of rotatable bonds is 2. The lowest BCUT2D eigenvalue weighted by Crippen LogP contribution is -1.76. The predicted octanol–water partition coefficient (Wildman–Crippen LogP) is 7.54. The van der Waals surface area contributed by atoms with Crippen LogP contribution in [0, 0.1) is 0 Å². The Labute approximate surface area is 150 Å². The van der Waals surface area contributed by atoms with Crippen molar-refractivity contribution in [2.75, 3.05) is 0 Å². The Bertz CT molecular complexity index is 660. The summed E-state index contributed by atoms with van der Waals surface area (Å²) in [6, 6.07) is 5.97. The molecule has 0 spiro atoms. The Balaban J connectivity index is 2.43. The van der Waals surface area contributed by atoms with Crippen LogP contribution in [0.1, 0.15) is 0 Å². The van der Waals surface area contributed by atoms with Crippen LogP contribution in [0.4, 0.5) is 11.4 Å². The maximum atomic E-state index is 5.97. The summed E-state index contributed by atoms with van der Waals surface area (Å²) in [4.78, 5) is 3.64. The molecule has 3 nitrogen and oxygen atoms in total. The van der Waals surface area contributed by atoms with Crippen molar-refractivity contribution in [2.45, 2.75) is 0 Å². The minimum atomic E-state index is 0.243. The first-order valence-corrected chi connectivity index (χ1v) is 7.56. The first kappa shape index (κ1) is 16.9. The van der Waals surface area contributed by atoms with Crippen molar-refractivity contribution < 1.29 is 0 Å². The third-order valence-electron chi connectivity index (χ3n) is 2.25. The van der Waals surface area contributed by atoms with E-state index in [9.17, 15) is 0 Å². The standard InChI is InChI=1S/C12H4Cl6N3/c13-5-1-7(15)11(8(16)2-5)19-21-20-12-9(17)3-6(14)4-10(12)18/h1-4H/q+1. The summed E-state index contributed by atoms with van der Waals surface area (Å²) in [7, 11) is 0. The zero-order chi connectivity index (χ0) is 15.6. The van der Waals surface area contributed by atoms with Crippen molar-refractivity contribution in [1.29, 1.82) is 0 Å². The Hall–Kier alpha value is -0.510. The van der Waals surface area contributed by atoms with Gasteiger partial charge in [0.15, 0.2) is 21.6 Å². The lowest BCUT2D eigenvalue weighted by Gasteiger charge is -1.96. The highest BCUT2D eigenvalue weighted by Crippen LogP contribution is 2.37. The quantitative estimate of drug-likeness (QED) is 0.367. The van der Waals surface area contributed by atoms with E-state index in [2.05, 4.69) is 15.1 Å². The monoisotopic (exact) mass is 400 g/mol. The molecule has 0 amide bonds. The second kappa shape index (κ2) is 7.17. The number of nitrogens with zero attached hydrogens (tertiary/aromatic N) is 3. The van der Waals surface area contributed by atoms with Gasteiger partial charge >= 0.3 is 0 Å². The van der Waals surface area contributed by atoms with Gasteiger partial charge < -0.3 is 0 Å². The van der Waals surface area contributed by atoms with E-state index in [0.717, 1.165) is 0 Å². The van der Waals surface area contributed by atoms with Gasteiger partial charge in [-0.15, -0.1) is 0 Å². The summed E-state index contributed by atoms with van der Waals surface area (Å²) in [5.41, 5.74) is 0.486. The minimum Gasteiger partial charge on any atom is -0.0842 e. The molecule has 0 N–H and O–H groups in total. The Morgan fingerprint density at radius 3 is 1.14 bits per heavy atom. The number of hydrogen-bond acceptors (Lipinski definition) is 2. The molecule has 0 atom stereocenters. The van der Waals surface area contributed by atoms with E-state index in [1.807, 2.05) is 0 Å². The third-order valence-corrected chi connectivity index (χ3v) is 3.84. The van der Waals surface area contributed by atoms with E-state index < -0.39 is 0 Å². The van der Waals surface area contributed by atoms with Gasteiger partial charge in [0.05, 0.1) is 20.1 Å². The summed E-state index contributed by atoms with van der Waals surface area (Å²) in [5, 5.41) is 9.45. The van der Waals surface area contributed by atoms with E-state index in [-0.39, 0.29) is 31.5 Å². The zero-order valence-electron chi connectivity index (χ0n) is 9.92. The van der Waals surface area contributed by atoms with Crippen molar-refractivity contribution in [1.82, 2.24) is 4.91 Å². The molecule has 0 unspecified atom stereocenters. The van der Waals surface area contributed by atoms with Crippen LogP contribution in [0.5, 0.6) is 0 Å². The summed E-state index contributed by atoms with van der Waals surface area (Å²) < 4.78 is 0. The molecule has 2 aromatic rings. The van der Waals surface area contributed by atoms with Gasteiger partial charge in [-0.1, -0.05) is 69.6 Å². The van der Waals surface area contributed by atoms with E-state index in [0.29, 0.717) is 10.0 Å². The average molecular weight is 403 g/mol. The van der Waals surface area contributed by atoms with E-state index >= 15 is 0 Å². The van der Waals surface area contributed by atoms with E-state index in [1.54, 1.807) is 0 Å². The summed E-state index contributed by atoms with van der Waals surface area (Å²) in [6.07, 6.45) is 0. The van der Waals surface area contributed by atoms with Crippen molar-refractivity contribution in [2.24, 2.45) is 10.2 Å². The molecule has 0 fully saturated rings. The first-order chi connectivity index (χ1) is 9.88. The van der Waals surface area contributed by atoms with Gasteiger partial charge in [-0.05, 0) is 24.3 Å². The Morgan fingerprint density at radius 1 is 0.571 bits per heavy atom. The van der Waals surface area contributed by atoms with Crippen molar-refractivity contribution in [3.05, 3.63) is 54.4 Å². The topological polar surface area (TPSA) is 38.8 Å². The molecule has 0 saturated carbocycles. The van der Waals surface area contributed by atoms with Crippen LogP contribution in [0.25, 0.3) is 0 Å². The Kier molecular flexibility index (Phi) is 5.75. The van der Waals surface area contributed by atoms with Crippen LogP contribution in [0.3, 0.4) is 0 Å². The van der Waals surface area contributed by atoms with Crippen LogP contribution < -0.4 is 4.91 Å². The SMILES string of the molecule is Clc1cc(Cl)c(N=[N+]=Nc2c(Cl)cc(Cl)cc2Cl)c(Cl)c1. The fourth-order valence-electron chi connectivity index (χ4n) is 1.37. The maximum absolute atomic E-state index is 5.97. The molecule has 0 aliphatic carbocycles. The summed E-state index contributed by atoms with van der Waals surface area (Å²) in [6.45, 7) is 0. The predicted molar refractivity (Wildman–Crippen MR) is 89.3 cm³/mol. The molecular formula is C12H4Cl6N3+. The average Bonchev–Trinajstić information content (AvgIpc) is 2.34. The second-order valence-corrected chi connectivity index (χ2v) is 6.23. The van der Waals surface area contributed by atoms with Gasteiger partial charge in [0.1, 0.15) is 0 Å². The maximum Gasteiger partial charge on any atom is 0.229 e. The first-order valence-electron chi connectivity index (χ1n) is 5.29. The number of benzene rings is 2. The van der Waals surface area contributed by atoms with Crippen molar-refractivity contribution in [3.63, 3.8) is 0 Å². The van der Waals surface area contributed by atoms with Gasteiger partial charge in [-0.2, -0.15) is 0 Å². The van der Waals surface area contributed by atoms with Crippen molar-refractivity contribution >= 4 is 81.0 Å². The molecule has 2 rings (SSSR count). The van der Waals surface area contributed by atoms with Gasteiger partial charge in [0, 0.05) is 10.0 Å². The Morgan fingerprint density at radius 2 is 0.857 bits per heavy atom. The van der Waals surface area contributed by atoms with Gasteiger partial charge in [0.2, 0.25) is 4.91 Å². The van der Waals surface area contributed by atoms with Gasteiger partial charge in [-0.3, -0.25) is 0 Å². The second-order valence-electron chi connectivity index (χ2n) is 3.73. The molecule has 0 heterocycles. The summed E-state index contributed by atoms with van der Waals surface area (Å²) in [5.74, 6) is 0. The molecule has 0 radical (unpaired) electrons. The fourth-order valence-corrected chi connectivity index (χ4v) is 3.16. The molecule has 0 bridgehead atoms. The van der Waals surface area contributed by atoms with Crippen LogP contribution in [-0.2, 0) is 0 Å². The molecule has 0 saturated heterocycles. The highest BCUT2D eigenvalue weighted by atomic mass is 35.5. The molecular weight excluding hydrogens is 399 g/mol. The molecule has 9 heteroatoms. The van der Waals surface area contributed by atoms with E-state index in [4.69, 9.17) is 69.6 Å². The molecule has 21 heavy (non-hydrogen) atoms. The zero-order valence-corrected chi connectivity index (χ0v) is 14.5. The number of hydrogen-bond donors (Lipinski definition) is 0. The molecule has 0 aromatic heterocycles. The smallest absolute Gasteiger partial charge is 0.0842 e. The van der Waals surface area contributed by atoms with Crippen LogP contribution in [0.15, 0.2) is 34.5 Å². The van der Waals surface area contributed by atoms with Gasteiger partial charge in [-0.25, -0.2) is 0 Å². The van der Waals surface area contributed by atoms with Crippen LogP contribution >= 0.6 is 69.6 Å². The van der Waals surface area contributed by atoms with Gasteiger partial charge in [0.25, 0.3) is 0 Å². The van der Waals surface area contributed by atoms with Crippen LogP contribution in [-0.4, -0.2) is 0 Å². The lowest BCUT2D eigenvalue weighted by atomic mass is 10.3. The largest absolute Gasteiger partial charge is 0.229 e. The lowest BCUT2D eigenvalue weighted by molar-refractivity contribution is 1.06. The summed E-state index contributed by atoms with van der Waals surface area (Å²) >= 11 is 35.5. The third kappa shape index (κ3) is 4.24. The molecule has 0 aliphatic rings. The molecule has 2 aromatic carbocycles. The molecule has 0 aliphatic heterocycles. The molecule has 108 valence electrons. The highest BCUT2D eigenvalue weighted by Gasteiger charge is 2.13. The minimum absolute atomic E-state index is 0.243. The van der Waals surface area contributed by atoms with Crippen molar-refractivity contribution in [3.8, 4) is 0 Å². The van der Waals surface area contributed by atoms with E-state index in [1.165, 1.54) is 24.3 Å².